The number of hydrogen-bond acceptors (Lipinski definition) is 3. The molecule has 108 valence electrons. The third-order valence-corrected chi connectivity index (χ3v) is 4.51. The maximum absolute atomic E-state index is 12.1. The average Bonchev–Trinajstić information content (AvgIpc) is 2.77. The van der Waals surface area contributed by atoms with E-state index in [1.165, 1.54) is 12.8 Å². The highest BCUT2D eigenvalue weighted by Crippen LogP contribution is 2.32. The largest absolute Gasteiger partial charge is 0.321 e. The van der Waals surface area contributed by atoms with Gasteiger partial charge in [0, 0.05) is 18.5 Å². The molecule has 1 N–H and O–H groups in total. The van der Waals surface area contributed by atoms with E-state index in [4.69, 9.17) is 4.98 Å². The Balaban J connectivity index is 1.70. The zero-order valence-corrected chi connectivity index (χ0v) is 12.2. The minimum atomic E-state index is -0.00291. The predicted octanol–water partition coefficient (Wildman–Crippen LogP) is 3.03. The molecule has 2 aliphatic rings. The fourth-order valence-electron chi connectivity index (χ4n) is 3.56. The Labute approximate surface area is 124 Å². The summed E-state index contributed by atoms with van der Waals surface area (Å²) in [5.41, 5.74) is 3.58. The molecule has 21 heavy (non-hydrogen) atoms. The number of nitrogens with one attached hydrogen (secondary N) is 1. The molecule has 2 aliphatic heterocycles. The number of anilines is 1. The highest BCUT2D eigenvalue weighted by atomic mass is 16.1. The average molecular weight is 281 g/mol. The Hall–Kier alpha value is -1.94. The van der Waals surface area contributed by atoms with Gasteiger partial charge in [-0.3, -0.25) is 14.7 Å². The highest BCUT2D eigenvalue weighted by molar-refractivity contribution is 6.23. The summed E-state index contributed by atoms with van der Waals surface area (Å²) in [6, 6.07) is 7.84. The number of pyridine rings is 1. The zero-order valence-electron chi connectivity index (χ0n) is 12.2. The molecular weight excluding hydrogens is 262 g/mol. The van der Waals surface area contributed by atoms with Gasteiger partial charge in [-0.15, -0.1) is 0 Å². The van der Waals surface area contributed by atoms with Gasteiger partial charge in [0.05, 0.1) is 22.5 Å². The molecule has 0 bridgehead atoms. The summed E-state index contributed by atoms with van der Waals surface area (Å²) in [5, 5.41) is 3.89. The maximum Gasteiger partial charge on any atom is 0.256 e. The summed E-state index contributed by atoms with van der Waals surface area (Å²) in [7, 11) is 0. The van der Waals surface area contributed by atoms with E-state index in [0.717, 1.165) is 53.4 Å². The lowest BCUT2D eigenvalue weighted by Crippen LogP contribution is -2.34. The first kappa shape index (κ1) is 12.8. The van der Waals surface area contributed by atoms with E-state index in [-0.39, 0.29) is 5.91 Å². The number of nitrogens with zero attached hydrogens (tertiary/aromatic N) is 2. The fourth-order valence-corrected chi connectivity index (χ4v) is 3.56. The van der Waals surface area contributed by atoms with Crippen molar-refractivity contribution in [1.29, 1.82) is 0 Å². The summed E-state index contributed by atoms with van der Waals surface area (Å²) in [5.74, 6) is 0.751. The molecule has 4 rings (SSSR count). The lowest BCUT2D eigenvalue weighted by Gasteiger charge is -2.30. The zero-order chi connectivity index (χ0) is 14.4. The van der Waals surface area contributed by atoms with Crippen LogP contribution in [0.25, 0.3) is 10.9 Å². The summed E-state index contributed by atoms with van der Waals surface area (Å²) in [6.07, 6.45) is 2.57. The Morgan fingerprint density at radius 1 is 1.43 bits per heavy atom. The van der Waals surface area contributed by atoms with Crippen LogP contribution in [0.1, 0.15) is 35.8 Å². The van der Waals surface area contributed by atoms with E-state index in [9.17, 15) is 4.79 Å². The normalized spacial score (nSPS) is 21.8. The van der Waals surface area contributed by atoms with Crippen LogP contribution in [0, 0.1) is 5.92 Å². The lowest BCUT2D eigenvalue weighted by atomic mass is 10.00. The van der Waals surface area contributed by atoms with Crippen LogP contribution >= 0.6 is 0 Å². The molecule has 4 nitrogen and oxygen atoms in total. The first-order valence-corrected chi connectivity index (χ1v) is 7.67. The molecule has 4 heteroatoms. The van der Waals surface area contributed by atoms with Gasteiger partial charge in [-0.1, -0.05) is 13.0 Å². The molecule has 1 saturated heterocycles. The van der Waals surface area contributed by atoms with Crippen molar-refractivity contribution in [2.24, 2.45) is 5.92 Å². The van der Waals surface area contributed by atoms with Gasteiger partial charge < -0.3 is 5.32 Å². The maximum atomic E-state index is 12.1. The third kappa shape index (κ3) is 2.20. The molecule has 0 unspecified atom stereocenters. The van der Waals surface area contributed by atoms with Crippen LogP contribution in [0.15, 0.2) is 24.3 Å². The number of aromatic nitrogens is 1. The van der Waals surface area contributed by atoms with Crippen molar-refractivity contribution >= 4 is 22.5 Å². The number of benzene rings is 1. The van der Waals surface area contributed by atoms with Gasteiger partial charge in [-0.2, -0.15) is 0 Å². The summed E-state index contributed by atoms with van der Waals surface area (Å²) >= 11 is 0. The van der Waals surface area contributed by atoms with E-state index in [1.54, 1.807) is 0 Å². The second-order valence-corrected chi connectivity index (χ2v) is 6.30. The molecule has 0 aliphatic carbocycles. The third-order valence-electron chi connectivity index (χ3n) is 4.51. The van der Waals surface area contributed by atoms with Gasteiger partial charge in [-0.05, 0) is 43.5 Å². The summed E-state index contributed by atoms with van der Waals surface area (Å²) < 4.78 is 0. The number of carbonyl (C=O) groups excluding carboxylic acids is 1. The molecule has 1 aromatic carbocycles. The van der Waals surface area contributed by atoms with Crippen molar-refractivity contribution < 1.29 is 4.79 Å². The van der Waals surface area contributed by atoms with Gasteiger partial charge in [0.2, 0.25) is 0 Å². The Morgan fingerprint density at radius 2 is 2.33 bits per heavy atom. The number of piperidine rings is 1. The van der Waals surface area contributed by atoms with Crippen molar-refractivity contribution in [3.05, 3.63) is 35.5 Å². The van der Waals surface area contributed by atoms with Crippen LogP contribution in [0.3, 0.4) is 0 Å². The first-order chi connectivity index (χ1) is 10.2. The second-order valence-electron chi connectivity index (χ2n) is 6.30. The molecular formula is C17H19N3O. The molecule has 1 fully saturated rings. The molecule has 1 aromatic heterocycles. The van der Waals surface area contributed by atoms with Crippen molar-refractivity contribution in [1.82, 2.24) is 9.88 Å². The van der Waals surface area contributed by atoms with E-state index in [0.29, 0.717) is 0 Å². The Kier molecular flexibility index (Phi) is 2.93. The van der Waals surface area contributed by atoms with Crippen LogP contribution in [0.4, 0.5) is 5.69 Å². The van der Waals surface area contributed by atoms with Gasteiger partial charge in [0.1, 0.15) is 0 Å². The predicted molar refractivity (Wildman–Crippen MR) is 83.4 cm³/mol. The molecule has 0 saturated carbocycles. The molecule has 1 atom stereocenters. The van der Waals surface area contributed by atoms with Crippen molar-refractivity contribution in [3.8, 4) is 0 Å². The summed E-state index contributed by atoms with van der Waals surface area (Å²) in [6.45, 7) is 5.40. The topological polar surface area (TPSA) is 45.2 Å². The molecule has 1 amide bonds. The van der Waals surface area contributed by atoms with Crippen LogP contribution in [0.5, 0.6) is 0 Å². The number of rotatable bonds is 2. The smallest absolute Gasteiger partial charge is 0.256 e. The number of hydrogen-bond donors (Lipinski definition) is 1. The van der Waals surface area contributed by atoms with Crippen molar-refractivity contribution in [2.75, 3.05) is 18.4 Å². The fraction of sp³-hybridized carbons (Fsp3) is 0.412. The quantitative estimate of drug-likeness (QED) is 0.920. The van der Waals surface area contributed by atoms with Crippen LogP contribution in [-0.2, 0) is 6.54 Å². The van der Waals surface area contributed by atoms with E-state index < -0.39 is 0 Å². The molecule has 0 radical (unpaired) electrons. The SMILES string of the molecule is C[C@H]1CCCN(Cc2cc3c4c(cccc4n2)NC3=O)C1. The summed E-state index contributed by atoms with van der Waals surface area (Å²) in [4.78, 5) is 19.3. The highest BCUT2D eigenvalue weighted by Gasteiger charge is 2.24. The number of carbonyl (C=O) groups is 1. The molecule has 2 aromatic rings. The van der Waals surface area contributed by atoms with Gasteiger partial charge >= 0.3 is 0 Å². The number of likely N-dealkylation sites (tertiary alicyclic amines) is 1. The van der Waals surface area contributed by atoms with Crippen LogP contribution in [-0.4, -0.2) is 28.9 Å². The van der Waals surface area contributed by atoms with Crippen LogP contribution in [0.2, 0.25) is 0 Å². The standard InChI is InChI=1S/C17H19N3O/c1-11-4-3-7-20(9-11)10-12-8-13-16-14(18-12)5-2-6-15(16)19-17(13)21/h2,5-6,8,11H,3-4,7,9-10H2,1H3,(H,19,21)/t11-/m0/s1. The second kappa shape index (κ2) is 4.81. The minimum absolute atomic E-state index is 0.00291. The van der Waals surface area contributed by atoms with E-state index in [2.05, 4.69) is 17.1 Å². The van der Waals surface area contributed by atoms with E-state index >= 15 is 0 Å². The Morgan fingerprint density at radius 3 is 3.19 bits per heavy atom. The molecule has 3 heterocycles. The van der Waals surface area contributed by atoms with Gasteiger partial charge in [0.15, 0.2) is 0 Å². The van der Waals surface area contributed by atoms with Crippen LogP contribution < -0.4 is 5.32 Å². The van der Waals surface area contributed by atoms with Crippen molar-refractivity contribution in [3.63, 3.8) is 0 Å². The lowest BCUT2D eigenvalue weighted by molar-refractivity contribution is 0.103. The molecule has 0 spiro atoms. The van der Waals surface area contributed by atoms with Crippen molar-refractivity contribution in [2.45, 2.75) is 26.3 Å². The van der Waals surface area contributed by atoms with E-state index in [1.807, 2.05) is 24.3 Å². The number of amides is 1. The van der Waals surface area contributed by atoms with Gasteiger partial charge in [0.25, 0.3) is 5.91 Å². The first-order valence-electron chi connectivity index (χ1n) is 7.67. The minimum Gasteiger partial charge on any atom is -0.321 e. The Bertz CT molecular complexity index is 725. The monoisotopic (exact) mass is 281 g/mol. The van der Waals surface area contributed by atoms with Gasteiger partial charge in [-0.25, -0.2) is 0 Å².